The number of rotatable bonds is 3. The molecule has 4 rings (SSSR count). The number of benzene rings is 3. The van der Waals surface area contributed by atoms with Crippen LogP contribution in [0.1, 0.15) is 5.56 Å². The minimum absolute atomic E-state index is 0.0139. The predicted molar refractivity (Wildman–Crippen MR) is 125 cm³/mol. The number of anilines is 1. The minimum atomic E-state index is -0.541. The molecule has 3 aromatic rings. The molecule has 1 aliphatic rings. The fourth-order valence-electron chi connectivity index (χ4n) is 3.15. The van der Waals surface area contributed by atoms with Crippen LogP contribution in [0.4, 0.5) is 5.69 Å². The second-order valence-corrected chi connectivity index (χ2v) is 7.79. The molecule has 0 aliphatic carbocycles. The van der Waals surface area contributed by atoms with Gasteiger partial charge in [0.2, 0.25) is 0 Å². The second-order valence-electron chi connectivity index (χ2n) is 6.53. The first-order valence-corrected chi connectivity index (χ1v) is 10.1. The molecule has 3 aromatic carbocycles. The molecule has 0 aromatic heterocycles. The number of hydrogen-bond donors (Lipinski definition) is 1. The van der Waals surface area contributed by atoms with Crippen molar-refractivity contribution in [2.24, 2.45) is 0 Å². The van der Waals surface area contributed by atoms with Crippen LogP contribution in [-0.2, 0) is 9.59 Å². The average Bonchev–Trinajstić information content (AvgIpc) is 2.73. The molecule has 0 radical (unpaired) electrons. The van der Waals surface area contributed by atoms with E-state index in [4.69, 9.17) is 35.4 Å². The predicted octanol–water partition coefficient (Wildman–Crippen LogP) is 5.49. The van der Waals surface area contributed by atoms with E-state index in [1.807, 2.05) is 36.4 Å². The smallest absolute Gasteiger partial charge is 0.270 e. The van der Waals surface area contributed by atoms with Crippen molar-refractivity contribution in [2.45, 2.75) is 0 Å². The topological polar surface area (TPSA) is 49.4 Å². The average molecular weight is 453 g/mol. The van der Waals surface area contributed by atoms with Crippen molar-refractivity contribution in [3.63, 3.8) is 0 Å². The zero-order valence-corrected chi connectivity index (χ0v) is 17.8. The Morgan fingerprint density at radius 1 is 0.833 bits per heavy atom. The van der Waals surface area contributed by atoms with Crippen molar-refractivity contribution in [3.8, 4) is 11.1 Å². The lowest BCUT2D eigenvalue weighted by Crippen LogP contribution is -2.54. The van der Waals surface area contributed by atoms with E-state index in [0.717, 1.165) is 16.7 Å². The van der Waals surface area contributed by atoms with Gasteiger partial charge in [0.05, 0.1) is 5.69 Å². The Morgan fingerprint density at radius 3 is 2.10 bits per heavy atom. The fourth-order valence-corrected chi connectivity index (χ4v) is 3.69. The molecule has 0 bridgehead atoms. The molecule has 0 saturated carbocycles. The quantitative estimate of drug-likeness (QED) is 0.324. The Labute approximate surface area is 188 Å². The normalized spacial score (nSPS) is 15.5. The molecule has 148 valence electrons. The molecular formula is C23H14Cl2N2O2S. The van der Waals surface area contributed by atoms with Crippen LogP contribution >= 0.6 is 35.4 Å². The maximum atomic E-state index is 13.2. The summed E-state index contributed by atoms with van der Waals surface area (Å²) in [5, 5.41) is 3.77. The van der Waals surface area contributed by atoms with Crippen molar-refractivity contribution >= 4 is 64.1 Å². The SMILES string of the molecule is O=C1NC(=S)N(c2ccc(Cl)cc2)C(=O)C1=Cc1ccccc1-c1ccc(Cl)cc1. The Kier molecular flexibility index (Phi) is 5.68. The van der Waals surface area contributed by atoms with E-state index in [0.29, 0.717) is 15.7 Å². The lowest BCUT2D eigenvalue weighted by atomic mass is 9.97. The van der Waals surface area contributed by atoms with Crippen LogP contribution in [0.2, 0.25) is 10.0 Å². The van der Waals surface area contributed by atoms with Gasteiger partial charge < -0.3 is 0 Å². The second kappa shape index (κ2) is 8.40. The van der Waals surface area contributed by atoms with E-state index in [9.17, 15) is 9.59 Å². The molecule has 4 nitrogen and oxygen atoms in total. The largest absolute Gasteiger partial charge is 0.298 e. The number of halogens is 2. The van der Waals surface area contributed by atoms with E-state index in [1.54, 1.807) is 42.5 Å². The number of thiocarbonyl (C=S) groups is 1. The van der Waals surface area contributed by atoms with Gasteiger partial charge >= 0.3 is 0 Å². The van der Waals surface area contributed by atoms with E-state index < -0.39 is 11.8 Å². The molecule has 0 unspecified atom stereocenters. The summed E-state index contributed by atoms with van der Waals surface area (Å²) in [5.41, 5.74) is 3.02. The van der Waals surface area contributed by atoms with Crippen LogP contribution in [0.25, 0.3) is 17.2 Å². The molecule has 1 aliphatic heterocycles. The van der Waals surface area contributed by atoms with E-state index >= 15 is 0 Å². The van der Waals surface area contributed by atoms with E-state index in [-0.39, 0.29) is 10.7 Å². The number of hydrogen-bond acceptors (Lipinski definition) is 3. The zero-order chi connectivity index (χ0) is 21.3. The van der Waals surface area contributed by atoms with Gasteiger partial charge in [-0.05, 0) is 71.4 Å². The summed E-state index contributed by atoms with van der Waals surface area (Å²) in [4.78, 5) is 27.1. The maximum Gasteiger partial charge on any atom is 0.270 e. The number of nitrogens with one attached hydrogen (secondary N) is 1. The third-order valence-corrected chi connectivity index (χ3v) is 5.39. The molecule has 0 atom stereocenters. The van der Waals surface area contributed by atoms with Gasteiger partial charge in [0.1, 0.15) is 5.57 Å². The number of carbonyl (C=O) groups is 2. The highest BCUT2D eigenvalue weighted by molar-refractivity contribution is 7.80. The Balaban J connectivity index is 1.77. The van der Waals surface area contributed by atoms with Crippen molar-refractivity contribution in [3.05, 3.63) is 94.0 Å². The Bertz CT molecular complexity index is 1190. The molecule has 0 spiro atoms. The zero-order valence-electron chi connectivity index (χ0n) is 15.4. The van der Waals surface area contributed by atoms with Crippen LogP contribution < -0.4 is 10.2 Å². The molecule has 1 heterocycles. The van der Waals surface area contributed by atoms with Crippen LogP contribution in [0.3, 0.4) is 0 Å². The molecule has 30 heavy (non-hydrogen) atoms. The van der Waals surface area contributed by atoms with Crippen LogP contribution in [0.15, 0.2) is 78.4 Å². The molecule has 7 heteroatoms. The highest BCUT2D eigenvalue weighted by atomic mass is 35.5. The van der Waals surface area contributed by atoms with Crippen LogP contribution in [0.5, 0.6) is 0 Å². The first-order valence-electron chi connectivity index (χ1n) is 8.96. The summed E-state index contributed by atoms with van der Waals surface area (Å²) >= 11 is 17.2. The van der Waals surface area contributed by atoms with Gasteiger partial charge in [-0.2, -0.15) is 0 Å². The van der Waals surface area contributed by atoms with Crippen molar-refractivity contribution in [1.82, 2.24) is 5.32 Å². The van der Waals surface area contributed by atoms with Gasteiger partial charge in [0, 0.05) is 10.0 Å². The summed E-state index contributed by atoms with van der Waals surface area (Å²) in [5.74, 6) is -1.04. The van der Waals surface area contributed by atoms with Crippen molar-refractivity contribution in [1.29, 1.82) is 0 Å². The molecule has 1 fully saturated rings. The summed E-state index contributed by atoms with van der Waals surface area (Å²) in [7, 11) is 0. The molecule has 1 N–H and O–H groups in total. The first kappa shape index (κ1) is 20.3. The third-order valence-electron chi connectivity index (χ3n) is 4.60. The molecule has 1 saturated heterocycles. The molecular weight excluding hydrogens is 439 g/mol. The lowest BCUT2D eigenvalue weighted by Gasteiger charge is -2.29. The van der Waals surface area contributed by atoms with E-state index in [2.05, 4.69) is 5.32 Å². The highest BCUT2D eigenvalue weighted by Gasteiger charge is 2.34. The van der Waals surface area contributed by atoms with Gasteiger partial charge in [-0.25, -0.2) is 0 Å². The summed E-state index contributed by atoms with van der Waals surface area (Å²) in [6.07, 6.45) is 1.58. The van der Waals surface area contributed by atoms with Gasteiger partial charge in [0.25, 0.3) is 11.8 Å². The molecule has 2 amide bonds. The summed E-state index contributed by atoms with van der Waals surface area (Å²) in [6.45, 7) is 0. The summed E-state index contributed by atoms with van der Waals surface area (Å²) < 4.78 is 0. The fraction of sp³-hybridized carbons (Fsp3) is 0. The third kappa shape index (κ3) is 4.00. The van der Waals surface area contributed by atoms with Gasteiger partial charge in [-0.3, -0.25) is 19.8 Å². The highest BCUT2D eigenvalue weighted by Crippen LogP contribution is 2.29. The van der Waals surface area contributed by atoms with E-state index in [1.165, 1.54) is 4.90 Å². The Morgan fingerprint density at radius 2 is 1.43 bits per heavy atom. The lowest BCUT2D eigenvalue weighted by molar-refractivity contribution is -0.122. The van der Waals surface area contributed by atoms with Gasteiger partial charge in [0.15, 0.2) is 5.11 Å². The van der Waals surface area contributed by atoms with Crippen molar-refractivity contribution in [2.75, 3.05) is 4.90 Å². The maximum absolute atomic E-state index is 13.2. The monoisotopic (exact) mass is 452 g/mol. The number of amides is 2. The first-order chi connectivity index (χ1) is 14.4. The van der Waals surface area contributed by atoms with Gasteiger partial charge in [-0.15, -0.1) is 0 Å². The number of nitrogens with zero attached hydrogens (tertiary/aromatic N) is 1. The standard InChI is InChI=1S/C23H14Cl2N2O2S/c24-16-7-5-14(6-8-16)19-4-2-1-3-15(19)13-20-21(28)26-23(30)27(22(20)29)18-11-9-17(25)10-12-18/h1-13H,(H,26,28,30). The minimum Gasteiger partial charge on any atom is -0.298 e. The summed E-state index contributed by atoms with van der Waals surface area (Å²) in [6, 6.07) is 21.5. The van der Waals surface area contributed by atoms with Gasteiger partial charge in [-0.1, -0.05) is 59.6 Å². The van der Waals surface area contributed by atoms with Crippen LogP contribution in [-0.4, -0.2) is 16.9 Å². The number of carbonyl (C=O) groups excluding carboxylic acids is 2. The van der Waals surface area contributed by atoms with Crippen LogP contribution in [0, 0.1) is 0 Å². The van der Waals surface area contributed by atoms with Crippen molar-refractivity contribution < 1.29 is 9.59 Å². The Hall–Kier alpha value is -2.99.